The molecule has 136 valence electrons. The number of nitrogens with one attached hydrogen (secondary N) is 1. The van der Waals surface area contributed by atoms with E-state index >= 15 is 0 Å². The van der Waals surface area contributed by atoms with Crippen LogP contribution in [0.1, 0.15) is 32.8 Å². The summed E-state index contributed by atoms with van der Waals surface area (Å²) in [4.78, 5) is 15.8. The highest BCUT2D eigenvalue weighted by molar-refractivity contribution is 6.60. The van der Waals surface area contributed by atoms with Crippen molar-refractivity contribution in [3.05, 3.63) is 23.9 Å². The molecule has 0 aromatic carbocycles. The van der Waals surface area contributed by atoms with Gasteiger partial charge in [-0.2, -0.15) is 0 Å². The first-order valence-corrected chi connectivity index (χ1v) is 10.3. The molecule has 0 saturated heterocycles. The number of nitrogens with zero attached hydrogens (tertiary/aromatic N) is 1. The number of rotatable bonds is 11. The Labute approximate surface area is 145 Å². The van der Waals surface area contributed by atoms with Crippen LogP contribution < -0.4 is 10.1 Å². The summed E-state index contributed by atoms with van der Waals surface area (Å²) in [6.45, 7) is 9.75. The number of pyridine rings is 1. The molecule has 8 heteroatoms. The van der Waals surface area contributed by atoms with Gasteiger partial charge in [0.05, 0.1) is 0 Å². The van der Waals surface area contributed by atoms with E-state index in [0.717, 1.165) is 5.56 Å². The van der Waals surface area contributed by atoms with Crippen molar-refractivity contribution in [2.75, 3.05) is 26.4 Å². The second-order valence-corrected chi connectivity index (χ2v) is 7.81. The Morgan fingerprint density at radius 3 is 2.33 bits per heavy atom. The summed E-state index contributed by atoms with van der Waals surface area (Å²) >= 11 is 0. The average Bonchev–Trinajstić information content (AvgIpc) is 2.52. The molecule has 1 aromatic rings. The van der Waals surface area contributed by atoms with Gasteiger partial charge in [0.15, 0.2) is 0 Å². The number of hydrogen-bond donors (Lipinski definition) is 1. The third-order valence-corrected chi connectivity index (χ3v) is 6.26. The van der Waals surface area contributed by atoms with Gasteiger partial charge in [-0.3, -0.25) is 0 Å². The Balaban J connectivity index is 2.40. The zero-order valence-corrected chi connectivity index (χ0v) is 16.0. The zero-order chi connectivity index (χ0) is 17.8. The Kier molecular flexibility index (Phi) is 9.54. The van der Waals surface area contributed by atoms with E-state index < -0.39 is 14.9 Å². The van der Waals surface area contributed by atoms with Crippen LogP contribution in [-0.4, -0.2) is 46.2 Å². The number of aromatic nitrogens is 1. The molecule has 1 aromatic heterocycles. The SMILES string of the molecule is CCO[Si](CCCNC(=O)Oc1cc(C)ccn1)(OCC)OCC. The predicted molar refractivity (Wildman–Crippen MR) is 93.1 cm³/mol. The zero-order valence-electron chi connectivity index (χ0n) is 15.0. The van der Waals surface area contributed by atoms with Gasteiger partial charge in [0.2, 0.25) is 5.88 Å². The van der Waals surface area contributed by atoms with Crippen LogP contribution in [0.5, 0.6) is 5.88 Å². The second kappa shape index (κ2) is 11.1. The number of amides is 1. The molecule has 24 heavy (non-hydrogen) atoms. The number of ether oxygens (including phenoxy) is 1. The van der Waals surface area contributed by atoms with Crippen molar-refractivity contribution in [1.82, 2.24) is 10.3 Å². The van der Waals surface area contributed by atoms with Crippen molar-refractivity contribution < 1.29 is 22.8 Å². The van der Waals surface area contributed by atoms with E-state index in [1.54, 1.807) is 12.3 Å². The van der Waals surface area contributed by atoms with Gasteiger partial charge in [0.1, 0.15) is 0 Å². The fourth-order valence-corrected chi connectivity index (χ4v) is 4.80. The van der Waals surface area contributed by atoms with Gasteiger partial charge in [-0.25, -0.2) is 9.78 Å². The van der Waals surface area contributed by atoms with Crippen LogP contribution in [0.3, 0.4) is 0 Å². The van der Waals surface area contributed by atoms with Crippen molar-refractivity contribution >= 4 is 14.9 Å². The van der Waals surface area contributed by atoms with Crippen LogP contribution in [0, 0.1) is 6.92 Å². The van der Waals surface area contributed by atoms with Crippen LogP contribution in [0.25, 0.3) is 0 Å². The van der Waals surface area contributed by atoms with Crippen molar-refractivity contribution in [3.63, 3.8) is 0 Å². The number of hydrogen-bond acceptors (Lipinski definition) is 6. The number of carbonyl (C=O) groups excluding carboxylic acids is 1. The van der Waals surface area contributed by atoms with E-state index in [-0.39, 0.29) is 5.88 Å². The fraction of sp³-hybridized carbons (Fsp3) is 0.625. The molecule has 0 aliphatic rings. The largest absolute Gasteiger partial charge is 0.500 e. The molecule has 1 amide bonds. The molecule has 0 saturated carbocycles. The minimum atomic E-state index is -2.65. The lowest BCUT2D eigenvalue weighted by Gasteiger charge is -2.28. The molecule has 1 heterocycles. The topological polar surface area (TPSA) is 78.9 Å². The monoisotopic (exact) mass is 356 g/mol. The third kappa shape index (κ3) is 7.39. The maximum atomic E-state index is 11.8. The Morgan fingerprint density at radius 2 is 1.79 bits per heavy atom. The lowest BCUT2D eigenvalue weighted by Crippen LogP contribution is -2.46. The van der Waals surface area contributed by atoms with Crippen molar-refractivity contribution in [2.24, 2.45) is 0 Å². The summed E-state index contributed by atoms with van der Waals surface area (Å²) in [5.74, 6) is 0.286. The fourth-order valence-electron chi connectivity index (χ4n) is 2.19. The first-order valence-electron chi connectivity index (χ1n) is 8.35. The molecule has 0 atom stereocenters. The minimum absolute atomic E-state index is 0.286. The Hall–Kier alpha value is -1.48. The third-order valence-electron chi connectivity index (χ3n) is 3.11. The molecule has 1 N–H and O–H groups in total. The standard InChI is InChI=1S/C16H28N2O5Si/c1-5-20-24(21-6-2,22-7-3)12-8-10-18-16(19)23-15-13-14(4)9-11-17-15/h9,11,13H,5-8,10,12H2,1-4H3,(H,18,19). The average molecular weight is 356 g/mol. The second-order valence-electron chi connectivity index (χ2n) is 5.07. The summed E-state index contributed by atoms with van der Waals surface area (Å²) in [6, 6.07) is 4.19. The highest BCUT2D eigenvalue weighted by atomic mass is 28.4. The molecule has 0 aliphatic heterocycles. The normalized spacial score (nSPS) is 11.3. The molecule has 0 bridgehead atoms. The lowest BCUT2D eigenvalue weighted by atomic mass is 10.3. The molecule has 0 aliphatic carbocycles. The van der Waals surface area contributed by atoms with Gasteiger partial charge >= 0.3 is 14.9 Å². The smallest absolute Gasteiger partial charge is 0.391 e. The van der Waals surface area contributed by atoms with Gasteiger partial charge in [-0.1, -0.05) is 0 Å². The van der Waals surface area contributed by atoms with Crippen LogP contribution in [-0.2, 0) is 13.3 Å². The molecule has 7 nitrogen and oxygen atoms in total. The van der Waals surface area contributed by atoms with Gasteiger partial charge in [-0.15, -0.1) is 0 Å². The summed E-state index contributed by atoms with van der Waals surface area (Å²) in [6.07, 6.45) is 1.76. The van der Waals surface area contributed by atoms with Gasteiger partial charge in [0, 0.05) is 44.7 Å². The van der Waals surface area contributed by atoms with Crippen LogP contribution in [0.2, 0.25) is 6.04 Å². The maximum absolute atomic E-state index is 11.8. The molecule has 0 radical (unpaired) electrons. The Morgan fingerprint density at radius 1 is 1.17 bits per heavy atom. The summed E-state index contributed by atoms with van der Waals surface area (Å²) in [5, 5.41) is 2.70. The van der Waals surface area contributed by atoms with Gasteiger partial charge < -0.3 is 23.3 Å². The summed E-state index contributed by atoms with van der Waals surface area (Å²) in [7, 11) is -2.65. The van der Waals surface area contributed by atoms with E-state index in [4.69, 9.17) is 18.0 Å². The molecular formula is C16H28N2O5Si. The van der Waals surface area contributed by atoms with Crippen LogP contribution in [0.4, 0.5) is 4.79 Å². The number of carbonyl (C=O) groups is 1. The summed E-state index contributed by atoms with van der Waals surface area (Å²) in [5.41, 5.74) is 0.980. The quantitative estimate of drug-likeness (QED) is 0.485. The van der Waals surface area contributed by atoms with Crippen LogP contribution >= 0.6 is 0 Å². The molecular weight excluding hydrogens is 328 g/mol. The van der Waals surface area contributed by atoms with Crippen molar-refractivity contribution in [2.45, 2.75) is 40.2 Å². The Bertz CT molecular complexity index is 484. The maximum Gasteiger partial charge on any atom is 0.500 e. The van der Waals surface area contributed by atoms with E-state index in [1.807, 2.05) is 33.8 Å². The molecule has 0 spiro atoms. The van der Waals surface area contributed by atoms with Crippen molar-refractivity contribution in [1.29, 1.82) is 0 Å². The van der Waals surface area contributed by atoms with Crippen LogP contribution in [0.15, 0.2) is 18.3 Å². The van der Waals surface area contributed by atoms with E-state index in [2.05, 4.69) is 10.3 Å². The first kappa shape index (κ1) is 20.6. The minimum Gasteiger partial charge on any atom is -0.391 e. The first-order chi connectivity index (χ1) is 11.5. The van der Waals surface area contributed by atoms with Gasteiger partial charge in [0.25, 0.3) is 0 Å². The lowest BCUT2D eigenvalue weighted by molar-refractivity contribution is 0.0708. The molecule has 1 rings (SSSR count). The van der Waals surface area contributed by atoms with E-state index in [0.29, 0.717) is 38.8 Å². The van der Waals surface area contributed by atoms with Gasteiger partial charge in [-0.05, 0) is 45.7 Å². The number of aryl methyl sites for hydroxylation is 1. The summed E-state index contributed by atoms with van der Waals surface area (Å²) < 4.78 is 22.4. The van der Waals surface area contributed by atoms with Crippen molar-refractivity contribution in [3.8, 4) is 5.88 Å². The molecule has 0 fully saturated rings. The molecule has 0 unspecified atom stereocenters. The highest BCUT2D eigenvalue weighted by Crippen LogP contribution is 2.17. The van der Waals surface area contributed by atoms with E-state index in [1.165, 1.54) is 0 Å². The predicted octanol–water partition coefficient (Wildman–Crippen LogP) is 2.92. The highest BCUT2D eigenvalue weighted by Gasteiger charge is 2.39. The van der Waals surface area contributed by atoms with E-state index in [9.17, 15) is 4.79 Å².